The molecule has 0 atom stereocenters. The van der Waals surface area contributed by atoms with E-state index in [1.165, 1.54) is 24.0 Å². The standard InChI is InChI=1S/C15H24N2/c1-12-4-6-14(7-5-12)10-17(3)15(11-16)8-13(2)9-15/h4-7,13H,8-11,16H2,1-3H3. The highest BCUT2D eigenvalue weighted by Crippen LogP contribution is 2.41. The Bertz CT molecular complexity index is 363. The van der Waals surface area contributed by atoms with Gasteiger partial charge < -0.3 is 5.73 Å². The van der Waals surface area contributed by atoms with E-state index in [1.54, 1.807) is 0 Å². The van der Waals surface area contributed by atoms with Crippen LogP contribution in [-0.2, 0) is 6.54 Å². The summed E-state index contributed by atoms with van der Waals surface area (Å²) in [6.07, 6.45) is 2.48. The first kappa shape index (κ1) is 12.6. The van der Waals surface area contributed by atoms with E-state index in [4.69, 9.17) is 5.73 Å². The molecule has 0 aliphatic heterocycles. The van der Waals surface area contributed by atoms with E-state index < -0.39 is 0 Å². The third kappa shape index (κ3) is 2.53. The normalized spacial score (nSPS) is 28.2. The van der Waals surface area contributed by atoms with Gasteiger partial charge in [0.25, 0.3) is 0 Å². The molecule has 2 rings (SSSR count). The Morgan fingerprint density at radius 1 is 1.29 bits per heavy atom. The summed E-state index contributed by atoms with van der Waals surface area (Å²) in [4.78, 5) is 2.44. The van der Waals surface area contributed by atoms with Crippen LogP contribution in [0.1, 0.15) is 30.9 Å². The Balaban J connectivity index is 2.01. The molecule has 0 bridgehead atoms. The van der Waals surface area contributed by atoms with Crippen LogP contribution in [-0.4, -0.2) is 24.0 Å². The highest BCUT2D eigenvalue weighted by Gasteiger charge is 2.43. The molecule has 2 N–H and O–H groups in total. The maximum atomic E-state index is 5.97. The van der Waals surface area contributed by atoms with E-state index in [1.807, 2.05) is 0 Å². The van der Waals surface area contributed by atoms with Crippen molar-refractivity contribution in [3.8, 4) is 0 Å². The molecule has 0 saturated heterocycles. The van der Waals surface area contributed by atoms with Crippen molar-refractivity contribution in [2.45, 2.75) is 38.8 Å². The van der Waals surface area contributed by atoms with Crippen LogP contribution in [0.4, 0.5) is 0 Å². The van der Waals surface area contributed by atoms with Gasteiger partial charge >= 0.3 is 0 Å². The molecule has 0 unspecified atom stereocenters. The molecule has 2 heteroatoms. The van der Waals surface area contributed by atoms with Crippen LogP contribution in [0.5, 0.6) is 0 Å². The fourth-order valence-corrected chi connectivity index (χ4v) is 3.01. The summed E-state index contributed by atoms with van der Waals surface area (Å²) < 4.78 is 0. The van der Waals surface area contributed by atoms with Crippen molar-refractivity contribution in [2.24, 2.45) is 11.7 Å². The van der Waals surface area contributed by atoms with Gasteiger partial charge in [0.15, 0.2) is 0 Å². The van der Waals surface area contributed by atoms with Gasteiger partial charge in [0.1, 0.15) is 0 Å². The van der Waals surface area contributed by atoms with Crippen LogP contribution in [0.15, 0.2) is 24.3 Å². The number of benzene rings is 1. The first-order valence-electron chi connectivity index (χ1n) is 6.52. The molecule has 1 aromatic rings. The second-order valence-corrected chi connectivity index (χ2v) is 5.78. The number of nitrogens with zero attached hydrogens (tertiary/aromatic N) is 1. The minimum absolute atomic E-state index is 0.254. The molecule has 1 saturated carbocycles. The molecule has 94 valence electrons. The van der Waals surface area contributed by atoms with Crippen molar-refractivity contribution in [1.29, 1.82) is 0 Å². The second kappa shape index (κ2) is 4.79. The number of nitrogens with two attached hydrogens (primary N) is 1. The lowest BCUT2D eigenvalue weighted by Gasteiger charge is -2.52. The van der Waals surface area contributed by atoms with Crippen LogP contribution in [0.3, 0.4) is 0 Å². The Morgan fingerprint density at radius 3 is 2.35 bits per heavy atom. The molecule has 2 nitrogen and oxygen atoms in total. The van der Waals surface area contributed by atoms with Crippen molar-refractivity contribution in [3.63, 3.8) is 0 Å². The Hall–Kier alpha value is -0.860. The fraction of sp³-hybridized carbons (Fsp3) is 0.600. The highest BCUT2D eigenvalue weighted by molar-refractivity contribution is 5.21. The summed E-state index contributed by atoms with van der Waals surface area (Å²) in [5, 5.41) is 0. The molecule has 1 fully saturated rings. The van der Waals surface area contributed by atoms with E-state index >= 15 is 0 Å². The molecule has 1 aliphatic carbocycles. The lowest BCUT2D eigenvalue weighted by molar-refractivity contribution is 0.000281. The third-order valence-electron chi connectivity index (χ3n) is 4.19. The zero-order valence-electron chi connectivity index (χ0n) is 11.2. The predicted octanol–water partition coefficient (Wildman–Crippen LogP) is 2.55. The van der Waals surface area contributed by atoms with Gasteiger partial charge in [-0.15, -0.1) is 0 Å². The zero-order valence-corrected chi connectivity index (χ0v) is 11.2. The largest absolute Gasteiger partial charge is 0.329 e. The Kier molecular flexibility index (Phi) is 3.55. The van der Waals surface area contributed by atoms with Crippen LogP contribution < -0.4 is 5.73 Å². The molecule has 0 aromatic heterocycles. The second-order valence-electron chi connectivity index (χ2n) is 5.78. The van der Waals surface area contributed by atoms with Gasteiger partial charge in [-0.05, 0) is 38.3 Å². The predicted molar refractivity (Wildman–Crippen MR) is 72.8 cm³/mol. The number of aryl methyl sites for hydroxylation is 1. The Morgan fingerprint density at radius 2 is 1.88 bits per heavy atom. The number of hydrogen-bond donors (Lipinski definition) is 1. The molecule has 1 aromatic carbocycles. The van der Waals surface area contributed by atoms with Gasteiger partial charge in [-0.25, -0.2) is 0 Å². The van der Waals surface area contributed by atoms with Crippen molar-refractivity contribution in [2.75, 3.05) is 13.6 Å². The van der Waals surface area contributed by atoms with Crippen molar-refractivity contribution in [1.82, 2.24) is 4.90 Å². The van der Waals surface area contributed by atoms with Gasteiger partial charge in [0.05, 0.1) is 0 Å². The summed E-state index contributed by atoms with van der Waals surface area (Å²) in [5.41, 5.74) is 8.92. The summed E-state index contributed by atoms with van der Waals surface area (Å²) in [5.74, 6) is 0.832. The minimum Gasteiger partial charge on any atom is -0.329 e. The van der Waals surface area contributed by atoms with E-state index in [2.05, 4.69) is 50.1 Å². The van der Waals surface area contributed by atoms with Crippen LogP contribution in [0.25, 0.3) is 0 Å². The summed E-state index contributed by atoms with van der Waals surface area (Å²) in [7, 11) is 2.21. The topological polar surface area (TPSA) is 29.3 Å². The van der Waals surface area contributed by atoms with Crippen molar-refractivity contribution in [3.05, 3.63) is 35.4 Å². The fourth-order valence-electron chi connectivity index (χ4n) is 3.01. The molecule has 0 heterocycles. The maximum absolute atomic E-state index is 5.97. The van der Waals surface area contributed by atoms with Crippen LogP contribution in [0.2, 0.25) is 0 Å². The molecule has 0 radical (unpaired) electrons. The Labute approximate surface area is 105 Å². The first-order valence-corrected chi connectivity index (χ1v) is 6.52. The van der Waals surface area contributed by atoms with Gasteiger partial charge in [-0.2, -0.15) is 0 Å². The number of likely N-dealkylation sites (N-methyl/N-ethyl adjacent to an activating group) is 1. The van der Waals surface area contributed by atoms with Gasteiger partial charge in [-0.1, -0.05) is 36.8 Å². The molecule has 17 heavy (non-hydrogen) atoms. The van der Waals surface area contributed by atoms with Gasteiger partial charge in [0, 0.05) is 18.6 Å². The van der Waals surface area contributed by atoms with Crippen molar-refractivity contribution >= 4 is 0 Å². The minimum atomic E-state index is 0.254. The van der Waals surface area contributed by atoms with E-state index in [0.717, 1.165) is 19.0 Å². The number of rotatable bonds is 4. The summed E-state index contributed by atoms with van der Waals surface area (Å²) in [6, 6.07) is 8.81. The first-order chi connectivity index (χ1) is 8.05. The lowest BCUT2D eigenvalue weighted by atomic mass is 9.68. The quantitative estimate of drug-likeness (QED) is 0.864. The van der Waals surface area contributed by atoms with Crippen molar-refractivity contribution < 1.29 is 0 Å². The molecule has 0 spiro atoms. The van der Waals surface area contributed by atoms with E-state index in [0.29, 0.717) is 0 Å². The van der Waals surface area contributed by atoms with Crippen LogP contribution >= 0.6 is 0 Å². The smallest absolute Gasteiger partial charge is 0.0337 e. The molecule has 1 aliphatic rings. The average molecular weight is 232 g/mol. The van der Waals surface area contributed by atoms with Crippen LogP contribution in [0, 0.1) is 12.8 Å². The molecular weight excluding hydrogens is 208 g/mol. The molecular formula is C15H24N2. The SMILES string of the molecule is Cc1ccc(CN(C)C2(CN)CC(C)C2)cc1. The summed E-state index contributed by atoms with van der Waals surface area (Å²) in [6.45, 7) is 6.22. The van der Waals surface area contributed by atoms with E-state index in [-0.39, 0.29) is 5.54 Å². The average Bonchev–Trinajstić information content (AvgIpc) is 2.27. The molecule has 0 amide bonds. The lowest BCUT2D eigenvalue weighted by Crippen LogP contribution is -2.59. The van der Waals surface area contributed by atoms with E-state index in [9.17, 15) is 0 Å². The van der Waals surface area contributed by atoms with Gasteiger partial charge in [-0.3, -0.25) is 4.90 Å². The summed E-state index contributed by atoms with van der Waals surface area (Å²) >= 11 is 0. The number of hydrogen-bond acceptors (Lipinski definition) is 2. The third-order valence-corrected chi connectivity index (χ3v) is 4.19. The zero-order chi connectivity index (χ0) is 12.5. The van der Waals surface area contributed by atoms with Gasteiger partial charge in [0.2, 0.25) is 0 Å². The maximum Gasteiger partial charge on any atom is 0.0337 e. The highest BCUT2D eigenvalue weighted by atomic mass is 15.2. The monoisotopic (exact) mass is 232 g/mol.